The largest absolute Gasteiger partial charge is 0.467 e. The number of aromatic nitrogens is 2. The van der Waals surface area contributed by atoms with Crippen molar-refractivity contribution in [1.82, 2.24) is 30.8 Å². The fraction of sp³-hybridized carbons (Fsp3) is 0.340. The fourth-order valence-corrected chi connectivity index (χ4v) is 7.90. The van der Waals surface area contributed by atoms with E-state index in [0.29, 0.717) is 30.9 Å². The average molecular weight is 969 g/mol. The SMILES string of the molecule is COC(=O)[C@H](Cc1ccc(C2=CCN(C(=O)OC(C)(C)C)CC2)cn1)NC(=O)c1c(Cl)cccc1Cl.COC(=O)[C@H](Cc1ccc(C2=CCNCC2)cn1)NC(=O)c1c(Cl)cccc1Cl. The van der Waals surface area contributed by atoms with Crippen LogP contribution in [0.4, 0.5) is 4.79 Å². The number of methoxy groups -OCH3 is 2. The van der Waals surface area contributed by atoms with Gasteiger partial charge in [-0.1, -0.05) is 82.8 Å². The third-order valence-corrected chi connectivity index (χ3v) is 11.4. The maximum absolute atomic E-state index is 12.8. The Labute approximate surface area is 398 Å². The Hall–Kier alpha value is -5.51. The Morgan fingerprint density at radius 3 is 1.51 bits per heavy atom. The van der Waals surface area contributed by atoms with E-state index in [1.54, 1.807) is 59.8 Å². The zero-order valence-corrected chi connectivity index (χ0v) is 39.5. The van der Waals surface area contributed by atoms with E-state index in [4.69, 9.17) is 60.6 Å². The van der Waals surface area contributed by atoms with E-state index in [1.807, 2.05) is 45.0 Å². The molecule has 2 aliphatic rings. The molecule has 18 heteroatoms. The van der Waals surface area contributed by atoms with E-state index >= 15 is 0 Å². The van der Waals surface area contributed by atoms with E-state index in [0.717, 1.165) is 36.2 Å². The number of benzene rings is 2. The van der Waals surface area contributed by atoms with Gasteiger partial charge in [0.15, 0.2) is 0 Å². The molecule has 0 radical (unpaired) electrons. The van der Waals surface area contributed by atoms with Crippen molar-refractivity contribution in [1.29, 1.82) is 0 Å². The molecule has 0 bridgehead atoms. The van der Waals surface area contributed by atoms with E-state index < -0.39 is 41.4 Å². The zero-order chi connectivity index (χ0) is 47.3. The van der Waals surface area contributed by atoms with Crippen molar-refractivity contribution in [2.45, 2.75) is 64.1 Å². The highest BCUT2D eigenvalue weighted by Crippen LogP contribution is 2.27. The van der Waals surface area contributed by atoms with Gasteiger partial charge in [-0.15, -0.1) is 0 Å². The van der Waals surface area contributed by atoms with E-state index in [-0.39, 0.29) is 50.2 Å². The summed E-state index contributed by atoms with van der Waals surface area (Å²) in [6.07, 6.45) is 9.20. The minimum atomic E-state index is -0.982. The number of nitrogens with one attached hydrogen (secondary N) is 3. The molecule has 4 aromatic rings. The van der Waals surface area contributed by atoms with Gasteiger partial charge in [0.2, 0.25) is 0 Å². The number of halogens is 4. The smallest absolute Gasteiger partial charge is 0.410 e. The van der Waals surface area contributed by atoms with Gasteiger partial charge in [0.05, 0.1) is 45.4 Å². The molecule has 65 heavy (non-hydrogen) atoms. The number of ether oxygens (including phenoxy) is 3. The molecule has 3 N–H and O–H groups in total. The van der Waals surface area contributed by atoms with Crippen molar-refractivity contribution in [3.05, 3.63) is 139 Å². The molecule has 0 aliphatic carbocycles. The van der Waals surface area contributed by atoms with Gasteiger partial charge in [-0.3, -0.25) is 19.6 Å². The minimum Gasteiger partial charge on any atom is -0.467 e. The summed E-state index contributed by atoms with van der Waals surface area (Å²) in [5.41, 5.74) is 5.20. The normalized spacial score (nSPS) is 14.6. The first-order chi connectivity index (χ1) is 31.0. The van der Waals surface area contributed by atoms with Crippen molar-refractivity contribution < 1.29 is 38.2 Å². The van der Waals surface area contributed by atoms with Crippen LogP contribution >= 0.6 is 46.4 Å². The lowest BCUT2D eigenvalue weighted by Gasteiger charge is -2.29. The lowest BCUT2D eigenvalue weighted by molar-refractivity contribution is -0.143. The maximum Gasteiger partial charge on any atom is 0.410 e. The molecule has 14 nitrogen and oxygen atoms in total. The molecular weight excluding hydrogens is 918 g/mol. The van der Waals surface area contributed by atoms with Crippen LogP contribution in [0.1, 0.15) is 76.8 Å². The molecule has 0 saturated heterocycles. The van der Waals surface area contributed by atoms with Gasteiger partial charge in [-0.05, 0) is 98.8 Å². The van der Waals surface area contributed by atoms with Crippen LogP contribution in [-0.4, -0.2) is 103 Å². The lowest BCUT2D eigenvalue weighted by atomic mass is 10.0. The number of carbonyl (C=O) groups excluding carboxylic acids is 5. The first-order valence-electron chi connectivity index (χ1n) is 20.6. The number of rotatable bonds is 12. The topological polar surface area (TPSA) is 178 Å². The third-order valence-electron chi connectivity index (χ3n) is 10.1. The van der Waals surface area contributed by atoms with Crippen molar-refractivity contribution in [2.24, 2.45) is 0 Å². The molecule has 344 valence electrons. The van der Waals surface area contributed by atoms with Crippen LogP contribution in [0.25, 0.3) is 11.1 Å². The second-order valence-corrected chi connectivity index (χ2v) is 17.5. The predicted octanol–water partition coefficient (Wildman–Crippen LogP) is 8.21. The standard InChI is InChI=1S/C26H29Cl2N3O5.C21H21Cl2N3O3/c1-26(2,3)36-25(34)31-12-10-16(11-13-31)17-8-9-18(29-15-17)14-21(24(33)35-4)30-23(32)22-19(27)6-5-7-20(22)28;1-29-21(28)18(26-20(27)19-16(22)3-2-4-17(19)23)11-15-6-5-14(12-25-15)13-7-9-24-10-8-13/h5-10,15,21H,11-14H2,1-4H3,(H,30,32);2-7,12,18,24H,8-11H2,1H3,(H,26,27)/t21-;18-/m00/s1. The van der Waals surface area contributed by atoms with Gasteiger partial charge in [-0.25, -0.2) is 14.4 Å². The van der Waals surface area contributed by atoms with Crippen molar-refractivity contribution in [3.63, 3.8) is 0 Å². The second-order valence-electron chi connectivity index (χ2n) is 15.9. The van der Waals surface area contributed by atoms with Crippen molar-refractivity contribution in [2.75, 3.05) is 40.4 Å². The van der Waals surface area contributed by atoms with Gasteiger partial charge in [0.1, 0.15) is 17.7 Å². The molecule has 0 saturated carbocycles. The summed E-state index contributed by atoms with van der Waals surface area (Å²) in [6, 6.07) is 15.1. The molecule has 2 aliphatic heterocycles. The Bertz CT molecular complexity index is 2380. The third kappa shape index (κ3) is 14.5. The molecule has 2 atom stereocenters. The van der Waals surface area contributed by atoms with Gasteiger partial charge in [-0.2, -0.15) is 0 Å². The molecule has 3 amide bonds. The summed E-state index contributed by atoms with van der Waals surface area (Å²) >= 11 is 24.4. The summed E-state index contributed by atoms with van der Waals surface area (Å²) in [6.45, 7) is 8.30. The predicted molar refractivity (Wildman–Crippen MR) is 251 cm³/mol. The minimum absolute atomic E-state index is 0.0858. The Morgan fingerprint density at radius 2 is 1.15 bits per heavy atom. The van der Waals surface area contributed by atoms with Crippen LogP contribution in [0.15, 0.2) is 85.2 Å². The van der Waals surface area contributed by atoms with Crippen molar-refractivity contribution >= 4 is 87.4 Å². The number of carbonyl (C=O) groups is 5. The monoisotopic (exact) mass is 966 g/mol. The molecule has 0 unspecified atom stereocenters. The van der Waals surface area contributed by atoms with E-state index in [2.05, 4.69) is 32.0 Å². The number of nitrogens with zero attached hydrogens (tertiary/aromatic N) is 3. The highest BCUT2D eigenvalue weighted by Gasteiger charge is 2.28. The Morgan fingerprint density at radius 1 is 0.692 bits per heavy atom. The summed E-state index contributed by atoms with van der Waals surface area (Å²) in [7, 11) is 2.51. The first-order valence-corrected chi connectivity index (χ1v) is 22.1. The van der Waals surface area contributed by atoms with Crippen LogP contribution < -0.4 is 16.0 Å². The Balaban J connectivity index is 0.000000250. The number of esters is 2. The summed E-state index contributed by atoms with van der Waals surface area (Å²) in [4.78, 5) is 72.8. The molecule has 0 spiro atoms. The van der Waals surface area contributed by atoms with Crippen LogP contribution in [0.2, 0.25) is 20.1 Å². The van der Waals surface area contributed by atoms with Gasteiger partial charge in [0.25, 0.3) is 11.8 Å². The van der Waals surface area contributed by atoms with Gasteiger partial charge < -0.3 is 35.1 Å². The zero-order valence-electron chi connectivity index (χ0n) is 36.5. The molecule has 2 aromatic carbocycles. The van der Waals surface area contributed by atoms with E-state index in [1.165, 1.54) is 19.8 Å². The first kappa shape index (κ1) is 50.5. The Kier molecular flexibility index (Phi) is 18.3. The number of amides is 3. The molecule has 2 aromatic heterocycles. The van der Waals surface area contributed by atoms with E-state index in [9.17, 15) is 24.0 Å². The molecule has 0 fully saturated rings. The highest BCUT2D eigenvalue weighted by molar-refractivity contribution is 6.40. The molecule has 6 rings (SSSR count). The fourth-order valence-electron chi connectivity index (χ4n) is 6.76. The number of pyridine rings is 2. The van der Waals surface area contributed by atoms with Crippen molar-refractivity contribution in [3.8, 4) is 0 Å². The maximum atomic E-state index is 12.8. The van der Waals surface area contributed by atoms with Gasteiger partial charge >= 0.3 is 18.0 Å². The molecular formula is C47H50Cl4N6O8. The number of hydrogen-bond donors (Lipinski definition) is 3. The average Bonchev–Trinajstić information content (AvgIpc) is 3.28. The number of hydrogen-bond acceptors (Lipinski definition) is 11. The quantitative estimate of drug-likeness (QED) is 0.0921. The lowest BCUT2D eigenvalue weighted by Crippen LogP contribution is -2.43. The van der Waals surface area contributed by atoms with Crippen LogP contribution in [0, 0.1) is 0 Å². The van der Waals surface area contributed by atoms with Crippen LogP contribution in [0.5, 0.6) is 0 Å². The van der Waals surface area contributed by atoms with Crippen LogP contribution in [0.3, 0.4) is 0 Å². The van der Waals surface area contributed by atoms with Crippen LogP contribution in [-0.2, 0) is 36.6 Å². The molecule has 4 heterocycles. The second kappa shape index (κ2) is 23.6. The summed E-state index contributed by atoms with van der Waals surface area (Å²) in [5.74, 6) is -2.32. The summed E-state index contributed by atoms with van der Waals surface area (Å²) in [5, 5.41) is 9.33. The highest BCUT2D eigenvalue weighted by atomic mass is 35.5. The summed E-state index contributed by atoms with van der Waals surface area (Å²) < 4.78 is 15.1. The van der Waals surface area contributed by atoms with Gasteiger partial charge in [0, 0.05) is 56.3 Å².